The summed E-state index contributed by atoms with van der Waals surface area (Å²) in [5, 5.41) is 8.03. The van der Waals surface area contributed by atoms with Gasteiger partial charge in [0, 0.05) is 28.7 Å². The summed E-state index contributed by atoms with van der Waals surface area (Å²) in [6.07, 6.45) is 1.47. The molecular weight excluding hydrogens is 463 g/mol. The van der Waals surface area contributed by atoms with Crippen LogP contribution in [0.1, 0.15) is 30.1 Å². The monoisotopic (exact) mass is 482 g/mol. The fourth-order valence-corrected chi connectivity index (χ4v) is 5.16. The van der Waals surface area contributed by atoms with Gasteiger partial charge < -0.3 is 9.30 Å². The van der Waals surface area contributed by atoms with Crippen molar-refractivity contribution in [2.24, 2.45) is 0 Å². The molecule has 5 nitrogen and oxygen atoms in total. The molecule has 0 unspecified atom stereocenters. The molecule has 0 N–H and O–H groups in total. The molecule has 162 valence electrons. The molecule has 0 saturated heterocycles. The molecule has 0 fully saturated rings. The Bertz CT molecular complexity index is 1420. The zero-order valence-corrected chi connectivity index (χ0v) is 20.0. The van der Waals surface area contributed by atoms with Crippen LogP contribution < -0.4 is 4.74 Å². The first-order valence-corrected chi connectivity index (χ1v) is 11.8. The number of hydrogen-bond donors (Lipinski definition) is 0. The maximum Gasteiger partial charge on any atom is 0.156 e. The Labute approximate surface area is 199 Å². The van der Waals surface area contributed by atoms with E-state index in [0.29, 0.717) is 15.8 Å². The van der Waals surface area contributed by atoms with Gasteiger partial charge in [-0.15, -0.1) is 11.3 Å². The minimum Gasteiger partial charge on any atom is -0.483 e. The van der Waals surface area contributed by atoms with Crippen LogP contribution in [0.25, 0.3) is 21.9 Å². The highest BCUT2D eigenvalue weighted by atomic mass is 35.5. The van der Waals surface area contributed by atoms with Crippen molar-refractivity contribution in [1.82, 2.24) is 19.2 Å². The van der Waals surface area contributed by atoms with Crippen LogP contribution in [-0.4, -0.2) is 19.2 Å². The van der Waals surface area contributed by atoms with Gasteiger partial charge in [-0.25, -0.2) is 9.50 Å². The maximum absolute atomic E-state index is 6.30. The first-order valence-electron chi connectivity index (χ1n) is 10.1. The predicted octanol–water partition coefficient (Wildman–Crippen LogP) is 7.31. The van der Waals surface area contributed by atoms with Crippen molar-refractivity contribution >= 4 is 40.2 Å². The number of aryl methyl sites for hydroxylation is 2. The third-order valence-electron chi connectivity index (χ3n) is 5.39. The molecule has 1 aromatic carbocycles. The van der Waals surface area contributed by atoms with Crippen molar-refractivity contribution in [2.45, 2.75) is 26.9 Å². The molecule has 0 aliphatic heterocycles. The van der Waals surface area contributed by atoms with Crippen LogP contribution >= 0.6 is 34.5 Å². The summed E-state index contributed by atoms with van der Waals surface area (Å²) in [4.78, 5) is 5.61. The van der Waals surface area contributed by atoms with Gasteiger partial charge in [0.2, 0.25) is 0 Å². The molecule has 4 heterocycles. The molecule has 0 saturated carbocycles. The molecule has 8 heteroatoms. The minimum atomic E-state index is -0.302. The third kappa shape index (κ3) is 3.68. The van der Waals surface area contributed by atoms with Crippen molar-refractivity contribution in [3.8, 4) is 22.0 Å². The summed E-state index contributed by atoms with van der Waals surface area (Å²) in [7, 11) is 0. The average Bonchev–Trinajstić information content (AvgIpc) is 3.47. The smallest absolute Gasteiger partial charge is 0.156 e. The van der Waals surface area contributed by atoms with Crippen molar-refractivity contribution in [1.29, 1.82) is 0 Å². The van der Waals surface area contributed by atoms with Crippen LogP contribution in [0.5, 0.6) is 5.75 Å². The molecule has 0 spiro atoms. The van der Waals surface area contributed by atoms with Gasteiger partial charge in [-0.3, -0.25) is 0 Å². The van der Waals surface area contributed by atoms with Gasteiger partial charge in [-0.1, -0.05) is 23.2 Å². The highest BCUT2D eigenvalue weighted by molar-refractivity contribution is 7.14. The lowest BCUT2D eigenvalue weighted by Gasteiger charge is -2.17. The molecule has 0 amide bonds. The maximum atomic E-state index is 6.30. The normalized spacial score (nSPS) is 12.4. The number of ether oxygens (including phenoxy) is 1. The van der Waals surface area contributed by atoms with Crippen molar-refractivity contribution in [3.05, 3.63) is 87.2 Å². The lowest BCUT2D eigenvalue weighted by Crippen LogP contribution is -2.10. The average molecular weight is 483 g/mol. The summed E-state index contributed by atoms with van der Waals surface area (Å²) in [5.41, 5.74) is 6.00. The summed E-state index contributed by atoms with van der Waals surface area (Å²) in [5.74, 6) is 0.569. The standard InChI is InChI=1S/C24H20Cl2N4OS/c1-14-4-5-15(2)29(14)21-9-11-32-24(21)19-13-23-27-10-8-20(30(23)28-19)16(3)31-22-7-6-17(25)12-18(22)26/h4-13,16H,1-3H3/t16-/m0/s1. The van der Waals surface area contributed by atoms with Crippen molar-refractivity contribution in [2.75, 3.05) is 0 Å². The number of halogens is 2. The number of fused-ring (bicyclic) bond motifs is 1. The lowest BCUT2D eigenvalue weighted by atomic mass is 10.2. The fraction of sp³-hybridized carbons (Fsp3) is 0.167. The molecular formula is C24H20Cl2N4OS. The zero-order valence-electron chi connectivity index (χ0n) is 17.7. The second kappa shape index (κ2) is 8.28. The van der Waals surface area contributed by atoms with E-state index in [1.54, 1.807) is 35.7 Å². The molecule has 4 aromatic heterocycles. The number of benzene rings is 1. The van der Waals surface area contributed by atoms with Crippen LogP contribution in [0.3, 0.4) is 0 Å². The SMILES string of the molecule is Cc1ccc(C)n1-c1ccsc1-c1cc2nccc([C@H](C)Oc3ccc(Cl)cc3Cl)n2n1. The summed E-state index contributed by atoms with van der Waals surface area (Å²) in [6, 6.07) is 15.5. The van der Waals surface area contributed by atoms with Gasteiger partial charge in [-0.2, -0.15) is 5.10 Å². The van der Waals surface area contributed by atoms with Gasteiger partial charge in [0.1, 0.15) is 17.5 Å². The Morgan fingerprint density at radius 2 is 1.78 bits per heavy atom. The number of thiophene rings is 1. The van der Waals surface area contributed by atoms with Gasteiger partial charge in [-0.05, 0) is 68.6 Å². The van der Waals surface area contributed by atoms with Crippen LogP contribution in [0.4, 0.5) is 0 Å². The zero-order chi connectivity index (χ0) is 22.4. The predicted molar refractivity (Wildman–Crippen MR) is 131 cm³/mol. The molecule has 0 aliphatic carbocycles. The summed E-state index contributed by atoms with van der Waals surface area (Å²) >= 11 is 14.0. The minimum absolute atomic E-state index is 0.302. The van der Waals surface area contributed by atoms with E-state index < -0.39 is 0 Å². The Hall–Kier alpha value is -2.80. The molecule has 0 aliphatic rings. The fourth-order valence-electron chi connectivity index (χ4n) is 3.87. The van der Waals surface area contributed by atoms with E-state index in [-0.39, 0.29) is 6.10 Å². The van der Waals surface area contributed by atoms with Crippen LogP contribution in [0, 0.1) is 13.8 Å². The molecule has 32 heavy (non-hydrogen) atoms. The van der Waals surface area contributed by atoms with Crippen LogP contribution in [-0.2, 0) is 0 Å². The largest absolute Gasteiger partial charge is 0.483 e. The number of nitrogens with zero attached hydrogens (tertiary/aromatic N) is 4. The van der Waals surface area contributed by atoms with Gasteiger partial charge >= 0.3 is 0 Å². The highest BCUT2D eigenvalue weighted by Crippen LogP contribution is 2.35. The summed E-state index contributed by atoms with van der Waals surface area (Å²) < 4.78 is 10.2. The second-order valence-corrected chi connectivity index (χ2v) is 9.35. The van der Waals surface area contributed by atoms with Crippen molar-refractivity contribution < 1.29 is 4.74 Å². The molecule has 0 bridgehead atoms. The van der Waals surface area contributed by atoms with E-state index in [4.69, 9.17) is 33.0 Å². The van der Waals surface area contributed by atoms with E-state index in [0.717, 1.165) is 27.6 Å². The van der Waals surface area contributed by atoms with E-state index in [1.165, 1.54) is 11.4 Å². The lowest BCUT2D eigenvalue weighted by molar-refractivity contribution is 0.219. The van der Waals surface area contributed by atoms with Gasteiger partial charge in [0.25, 0.3) is 0 Å². The topological polar surface area (TPSA) is 44.4 Å². The molecule has 5 rings (SSSR count). The Kier molecular flexibility index (Phi) is 5.45. The second-order valence-electron chi connectivity index (χ2n) is 7.59. The Morgan fingerprint density at radius 1 is 1.00 bits per heavy atom. The van der Waals surface area contributed by atoms with E-state index in [1.807, 2.05) is 23.6 Å². The van der Waals surface area contributed by atoms with Crippen molar-refractivity contribution in [3.63, 3.8) is 0 Å². The highest BCUT2D eigenvalue weighted by Gasteiger charge is 2.19. The third-order valence-corrected chi connectivity index (χ3v) is 6.85. The van der Waals surface area contributed by atoms with Crippen LogP contribution in [0.2, 0.25) is 10.0 Å². The molecule has 1 atom stereocenters. The van der Waals surface area contributed by atoms with Gasteiger partial charge in [0.05, 0.1) is 21.3 Å². The van der Waals surface area contributed by atoms with E-state index in [2.05, 4.69) is 47.0 Å². The molecule has 5 aromatic rings. The van der Waals surface area contributed by atoms with E-state index in [9.17, 15) is 0 Å². The molecule has 0 radical (unpaired) electrons. The Morgan fingerprint density at radius 3 is 2.53 bits per heavy atom. The van der Waals surface area contributed by atoms with Crippen LogP contribution in [0.15, 0.2) is 60.1 Å². The number of hydrogen-bond acceptors (Lipinski definition) is 4. The number of rotatable bonds is 5. The van der Waals surface area contributed by atoms with Gasteiger partial charge in [0.15, 0.2) is 5.65 Å². The first kappa shape index (κ1) is 21.1. The summed E-state index contributed by atoms with van der Waals surface area (Å²) in [6.45, 7) is 6.18. The first-order chi connectivity index (χ1) is 15.4. The Balaban J connectivity index is 1.54. The quantitative estimate of drug-likeness (QED) is 0.263. The van der Waals surface area contributed by atoms with E-state index >= 15 is 0 Å². The number of aromatic nitrogens is 4.